The SMILES string of the molecule is C[C@@H](O)CN1CCC(C)(O)C1. The van der Waals surface area contributed by atoms with E-state index in [4.69, 9.17) is 5.11 Å². The number of hydrogen-bond acceptors (Lipinski definition) is 3. The van der Waals surface area contributed by atoms with Gasteiger partial charge in [-0.1, -0.05) is 0 Å². The number of likely N-dealkylation sites (tertiary alicyclic amines) is 1. The minimum atomic E-state index is -0.533. The lowest BCUT2D eigenvalue weighted by atomic mass is 10.1. The van der Waals surface area contributed by atoms with Crippen LogP contribution in [0.5, 0.6) is 0 Å². The highest BCUT2D eigenvalue weighted by Crippen LogP contribution is 2.19. The molecule has 0 aromatic heterocycles. The summed E-state index contributed by atoms with van der Waals surface area (Å²) in [6.07, 6.45) is 0.531. The third-order valence-electron chi connectivity index (χ3n) is 2.05. The maximum Gasteiger partial charge on any atom is 0.0758 e. The highest BCUT2D eigenvalue weighted by Gasteiger charge is 2.31. The van der Waals surface area contributed by atoms with Crippen LogP contribution >= 0.6 is 0 Å². The molecule has 0 aromatic carbocycles. The summed E-state index contributed by atoms with van der Waals surface area (Å²) in [4.78, 5) is 2.09. The summed E-state index contributed by atoms with van der Waals surface area (Å²) in [5.74, 6) is 0. The van der Waals surface area contributed by atoms with Crippen molar-refractivity contribution in [2.45, 2.75) is 32.0 Å². The second-order valence-electron chi connectivity index (χ2n) is 3.83. The van der Waals surface area contributed by atoms with Crippen LogP contribution < -0.4 is 0 Å². The minimum absolute atomic E-state index is 0.288. The topological polar surface area (TPSA) is 43.7 Å². The van der Waals surface area contributed by atoms with Crippen molar-refractivity contribution < 1.29 is 10.2 Å². The van der Waals surface area contributed by atoms with Crippen molar-refractivity contribution in [1.82, 2.24) is 4.90 Å². The summed E-state index contributed by atoms with van der Waals surface area (Å²) < 4.78 is 0. The smallest absolute Gasteiger partial charge is 0.0758 e. The van der Waals surface area contributed by atoms with Crippen molar-refractivity contribution in [3.05, 3.63) is 0 Å². The first-order valence-electron chi connectivity index (χ1n) is 4.12. The molecule has 0 radical (unpaired) electrons. The minimum Gasteiger partial charge on any atom is -0.392 e. The van der Waals surface area contributed by atoms with Gasteiger partial charge < -0.3 is 10.2 Å². The second kappa shape index (κ2) is 3.09. The van der Waals surface area contributed by atoms with Gasteiger partial charge in [0.15, 0.2) is 0 Å². The Morgan fingerprint density at radius 3 is 2.64 bits per heavy atom. The molecule has 1 rings (SSSR count). The Labute approximate surface area is 67.6 Å². The predicted octanol–water partition coefficient (Wildman–Crippen LogP) is -0.176. The molecule has 0 aromatic rings. The molecule has 0 bridgehead atoms. The van der Waals surface area contributed by atoms with Crippen molar-refractivity contribution in [2.24, 2.45) is 0 Å². The molecule has 2 atom stereocenters. The molecule has 1 unspecified atom stereocenters. The van der Waals surface area contributed by atoms with E-state index in [-0.39, 0.29) is 6.10 Å². The zero-order chi connectivity index (χ0) is 8.48. The highest BCUT2D eigenvalue weighted by atomic mass is 16.3. The number of β-amino-alcohol motifs (C(OH)–C–C–N with tert-alkyl or cyclic N) is 2. The first-order chi connectivity index (χ1) is 4.99. The number of nitrogens with zero attached hydrogens (tertiary/aromatic N) is 1. The first kappa shape index (κ1) is 8.97. The number of aliphatic hydroxyl groups is 2. The van der Waals surface area contributed by atoms with Gasteiger partial charge in [-0.25, -0.2) is 0 Å². The zero-order valence-corrected chi connectivity index (χ0v) is 7.25. The van der Waals surface area contributed by atoms with Gasteiger partial charge in [-0.05, 0) is 20.3 Å². The standard InChI is InChI=1S/C8H17NO2/c1-7(10)5-9-4-3-8(2,11)6-9/h7,10-11H,3-6H2,1-2H3/t7-,8?/m1/s1. The molecule has 3 nitrogen and oxygen atoms in total. The molecule has 2 N–H and O–H groups in total. The molecular formula is C8H17NO2. The van der Waals surface area contributed by atoms with Crippen LogP contribution in [0.4, 0.5) is 0 Å². The van der Waals surface area contributed by atoms with Crippen molar-refractivity contribution in [3.63, 3.8) is 0 Å². The van der Waals surface area contributed by atoms with Crippen LogP contribution in [-0.4, -0.2) is 46.5 Å². The Balaban J connectivity index is 2.31. The Kier molecular flexibility index (Phi) is 2.52. The largest absolute Gasteiger partial charge is 0.392 e. The third-order valence-corrected chi connectivity index (χ3v) is 2.05. The fourth-order valence-electron chi connectivity index (χ4n) is 1.57. The Bertz CT molecular complexity index is 134. The molecule has 0 amide bonds. The van der Waals surface area contributed by atoms with E-state index in [1.165, 1.54) is 0 Å². The Hall–Kier alpha value is -0.120. The molecule has 0 aliphatic carbocycles. The molecule has 1 aliphatic rings. The quantitative estimate of drug-likeness (QED) is 0.587. The van der Waals surface area contributed by atoms with Crippen LogP contribution in [0.15, 0.2) is 0 Å². The number of aliphatic hydroxyl groups excluding tert-OH is 1. The molecular weight excluding hydrogens is 142 g/mol. The van der Waals surface area contributed by atoms with E-state index in [0.29, 0.717) is 13.1 Å². The first-order valence-corrected chi connectivity index (χ1v) is 4.12. The lowest BCUT2D eigenvalue weighted by molar-refractivity contribution is 0.0605. The Morgan fingerprint density at radius 1 is 1.64 bits per heavy atom. The van der Waals surface area contributed by atoms with Crippen LogP contribution in [0.2, 0.25) is 0 Å². The van der Waals surface area contributed by atoms with Gasteiger partial charge in [0.25, 0.3) is 0 Å². The van der Waals surface area contributed by atoms with E-state index in [1.54, 1.807) is 6.92 Å². The summed E-state index contributed by atoms with van der Waals surface area (Å²) in [7, 11) is 0. The van der Waals surface area contributed by atoms with E-state index in [1.807, 2.05) is 6.92 Å². The average Bonchev–Trinajstić information content (AvgIpc) is 2.08. The van der Waals surface area contributed by atoms with Crippen LogP contribution in [0.1, 0.15) is 20.3 Å². The van der Waals surface area contributed by atoms with Gasteiger partial charge in [0.05, 0.1) is 11.7 Å². The van der Waals surface area contributed by atoms with Crippen molar-refractivity contribution in [1.29, 1.82) is 0 Å². The third kappa shape index (κ3) is 2.77. The van der Waals surface area contributed by atoms with E-state index < -0.39 is 5.60 Å². The van der Waals surface area contributed by atoms with Gasteiger partial charge in [0, 0.05) is 19.6 Å². The van der Waals surface area contributed by atoms with E-state index in [9.17, 15) is 5.11 Å². The summed E-state index contributed by atoms with van der Waals surface area (Å²) in [6, 6.07) is 0. The van der Waals surface area contributed by atoms with Gasteiger partial charge in [0.2, 0.25) is 0 Å². The number of rotatable bonds is 2. The zero-order valence-electron chi connectivity index (χ0n) is 7.25. The monoisotopic (exact) mass is 159 g/mol. The Morgan fingerprint density at radius 2 is 2.27 bits per heavy atom. The van der Waals surface area contributed by atoms with Gasteiger partial charge in [-0.3, -0.25) is 4.90 Å². The summed E-state index contributed by atoms with van der Waals surface area (Å²) in [6.45, 7) is 5.88. The van der Waals surface area contributed by atoms with Crippen LogP contribution in [-0.2, 0) is 0 Å². The molecule has 1 saturated heterocycles. The summed E-state index contributed by atoms with van der Waals surface area (Å²) in [5.41, 5.74) is -0.533. The van der Waals surface area contributed by atoms with Gasteiger partial charge in [-0.15, -0.1) is 0 Å². The molecule has 1 fully saturated rings. The molecule has 3 heteroatoms. The number of hydrogen-bond donors (Lipinski definition) is 2. The van der Waals surface area contributed by atoms with Crippen LogP contribution in [0.3, 0.4) is 0 Å². The van der Waals surface area contributed by atoms with Crippen molar-refractivity contribution in [2.75, 3.05) is 19.6 Å². The van der Waals surface area contributed by atoms with Crippen LogP contribution in [0.25, 0.3) is 0 Å². The van der Waals surface area contributed by atoms with Crippen molar-refractivity contribution in [3.8, 4) is 0 Å². The van der Waals surface area contributed by atoms with Crippen LogP contribution in [0, 0.1) is 0 Å². The average molecular weight is 159 g/mol. The molecule has 0 spiro atoms. The maximum absolute atomic E-state index is 9.55. The summed E-state index contributed by atoms with van der Waals surface area (Å²) >= 11 is 0. The maximum atomic E-state index is 9.55. The summed E-state index contributed by atoms with van der Waals surface area (Å²) in [5, 5.41) is 18.6. The highest BCUT2D eigenvalue weighted by molar-refractivity contribution is 4.86. The van der Waals surface area contributed by atoms with Gasteiger partial charge in [0.1, 0.15) is 0 Å². The second-order valence-corrected chi connectivity index (χ2v) is 3.83. The lowest BCUT2D eigenvalue weighted by Crippen LogP contribution is -2.33. The molecule has 0 saturated carbocycles. The predicted molar refractivity (Wildman–Crippen MR) is 43.4 cm³/mol. The van der Waals surface area contributed by atoms with E-state index in [0.717, 1.165) is 13.0 Å². The van der Waals surface area contributed by atoms with Gasteiger partial charge >= 0.3 is 0 Å². The molecule has 1 aliphatic heterocycles. The lowest BCUT2D eigenvalue weighted by Gasteiger charge is -2.19. The van der Waals surface area contributed by atoms with Crippen molar-refractivity contribution >= 4 is 0 Å². The fourth-order valence-corrected chi connectivity index (χ4v) is 1.57. The fraction of sp³-hybridized carbons (Fsp3) is 1.00. The normalized spacial score (nSPS) is 36.0. The van der Waals surface area contributed by atoms with Gasteiger partial charge in [-0.2, -0.15) is 0 Å². The molecule has 11 heavy (non-hydrogen) atoms. The van der Waals surface area contributed by atoms with E-state index in [2.05, 4.69) is 4.90 Å². The van der Waals surface area contributed by atoms with E-state index >= 15 is 0 Å². The molecule has 66 valence electrons. The molecule has 1 heterocycles.